The summed E-state index contributed by atoms with van der Waals surface area (Å²) in [5, 5.41) is 3.41. The first-order chi connectivity index (χ1) is 10.1. The lowest BCUT2D eigenvalue weighted by atomic mass is 10.1. The number of para-hydroxylation sites is 1. The summed E-state index contributed by atoms with van der Waals surface area (Å²) in [5.41, 5.74) is 2.20. The molecule has 0 bridgehead atoms. The highest BCUT2D eigenvalue weighted by Gasteiger charge is 2.31. The second kappa shape index (κ2) is 5.33. The van der Waals surface area contributed by atoms with Gasteiger partial charge >= 0.3 is 0 Å². The molecule has 3 rings (SSSR count). The topological polar surface area (TPSA) is 49.4 Å². The molecule has 1 N–H and O–H groups in total. The van der Waals surface area contributed by atoms with Crippen molar-refractivity contribution in [2.45, 2.75) is 26.3 Å². The molecule has 1 aromatic carbocycles. The van der Waals surface area contributed by atoms with Gasteiger partial charge in [0.1, 0.15) is 0 Å². The van der Waals surface area contributed by atoms with Crippen molar-refractivity contribution < 1.29 is 9.59 Å². The molecule has 0 saturated heterocycles. The average molecular weight is 300 g/mol. The molecular formula is C16H16N2O2S. The molecule has 5 heteroatoms. The van der Waals surface area contributed by atoms with Gasteiger partial charge in [0.2, 0.25) is 5.91 Å². The van der Waals surface area contributed by atoms with Crippen LogP contribution in [0.15, 0.2) is 36.4 Å². The maximum absolute atomic E-state index is 12.7. The first-order valence-electron chi connectivity index (χ1n) is 6.85. The highest BCUT2D eigenvalue weighted by atomic mass is 32.1. The maximum Gasteiger partial charge on any atom is 0.268 e. The fraction of sp³-hybridized carbons (Fsp3) is 0.250. The summed E-state index contributed by atoms with van der Waals surface area (Å²) in [6, 6.07) is 11.7. The molecule has 1 aromatic heterocycles. The lowest BCUT2D eigenvalue weighted by molar-refractivity contribution is -0.114. The van der Waals surface area contributed by atoms with Crippen molar-refractivity contribution >= 4 is 33.8 Å². The Morgan fingerprint density at radius 2 is 2.00 bits per heavy atom. The third kappa shape index (κ3) is 2.56. The third-order valence-corrected chi connectivity index (χ3v) is 4.53. The maximum atomic E-state index is 12.7. The summed E-state index contributed by atoms with van der Waals surface area (Å²) in [5.74, 6) is -0.134. The smallest absolute Gasteiger partial charge is 0.268 e. The minimum atomic E-state index is -0.129. The summed E-state index contributed by atoms with van der Waals surface area (Å²) in [6.45, 7) is 3.51. The standard InChI is InChI=1S/C16H16N2O2S/c1-10-9-12-5-3-4-6-13(12)18(10)16(20)14-7-8-15(21-14)17-11(2)19/h3-8,10H,9H2,1-2H3,(H,17,19)/t10-/m1/s1. The second-order valence-corrected chi connectivity index (χ2v) is 6.29. The molecule has 0 saturated carbocycles. The number of carbonyl (C=O) groups is 2. The molecule has 4 nitrogen and oxygen atoms in total. The Morgan fingerprint density at radius 3 is 2.76 bits per heavy atom. The zero-order valence-corrected chi connectivity index (χ0v) is 12.7. The van der Waals surface area contributed by atoms with Crippen LogP contribution >= 0.6 is 11.3 Å². The lowest BCUT2D eigenvalue weighted by Gasteiger charge is -2.21. The molecule has 1 aliphatic heterocycles. The van der Waals surface area contributed by atoms with Crippen LogP contribution in [0.3, 0.4) is 0 Å². The predicted octanol–water partition coefficient (Wildman–Crippen LogP) is 3.30. The number of nitrogens with zero attached hydrogens (tertiary/aromatic N) is 1. The van der Waals surface area contributed by atoms with Crippen molar-refractivity contribution in [2.75, 3.05) is 10.2 Å². The molecule has 0 unspecified atom stereocenters. The quantitative estimate of drug-likeness (QED) is 0.925. The van der Waals surface area contributed by atoms with Gasteiger partial charge in [-0.15, -0.1) is 11.3 Å². The zero-order valence-electron chi connectivity index (χ0n) is 11.9. The summed E-state index contributed by atoms with van der Waals surface area (Å²) in [4.78, 5) is 26.3. The lowest BCUT2D eigenvalue weighted by Crippen LogP contribution is -2.35. The highest BCUT2D eigenvalue weighted by molar-refractivity contribution is 7.18. The van der Waals surface area contributed by atoms with Gasteiger partial charge in [-0.3, -0.25) is 9.59 Å². The van der Waals surface area contributed by atoms with Gasteiger partial charge in [-0.1, -0.05) is 18.2 Å². The second-order valence-electron chi connectivity index (χ2n) is 5.20. The summed E-state index contributed by atoms with van der Waals surface area (Å²) in [6.07, 6.45) is 0.881. The molecule has 2 heterocycles. The molecule has 0 spiro atoms. The molecule has 0 aliphatic carbocycles. The first kappa shape index (κ1) is 13.8. The monoisotopic (exact) mass is 300 g/mol. The normalized spacial score (nSPS) is 16.7. The molecule has 21 heavy (non-hydrogen) atoms. The molecule has 108 valence electrons. The average Bonchev–Trinajstić information content (AvgIpc) is 3.00. The van der Waals surface area contributed by atoms with Crippen LogP contribution < -0.4 is 10.2 Å². The molecule has 0 fully saturated rings. The van der Waals surface area contributed by atoms with E-state index >= 15 is 0 Å². The minimum absolute atomic E-state index is 0.00551. The SMILES string of the molecule is CC(=O)Nc1ccc(C(=O)N2c3ccccc3C[C@H]2C)s1. The van der Waals surface area contributed by atoms with E-state index in [0.29, 0.717) is 9.88 Å². The number of hydrogen-bond acceptors (Lipinski definition) is 3. The van der Waals surface area contributed by atoms with Gasteiger partial charge in [0.15, 0.2) is 0 Å². The molecule has 2 aromatic rings. The van der Waals surface area contributed by atoms with E-state index in [1.165, 1.54) is 23.8 Å². The van der Waals surface area contributed by atoms with Gasteiger partial charge in [-0.05, 0) is 37.1 Å². The number of fused-ring (bicyclic) bond motifs is 1. The van der Waals surface area contributed by atoms with E-state index < -0.39 is 0 Å². The number of hydrogen-bond donors (Lipinski definition) is 1. The van der Waals surface area contributed by atoms with E-state index in [4.69, 9.17) is 0 Å². The van der Waals surface area contributed by atoms with E-state index in [1.807, 2.05) is 23.1 Å². The summed E-state index contributed by atoms with van der Waals surface area (Å²) < 4.78 is 0. The van der Waals surface area contributed by atoms with Crippen molar-refractivity contribution in [3.8, 4) is 0 Å². The van der Waals surface area contributed by atoms with Gasteiger partial charge in [0, 0.05) is 18.7 Å². The van der Waals surface area contributed by atoms with Gasteiger partial charge in [0.05, 0.1) is 9.88 Å². The summed E-state index contributed by atoms with van der Waals surface area (Å²) >= 11 is 1.31. The van der Waals surface area contributed by atoms with Crippen LogP contribution in [0.4, 0.5) is 10.7 Å². The van der Waals surface area contributed by atoms with Crippen molar-refractivity contribution in [2.24, 2.45) is 0 Å². The van der Waals surface area contributed by atoms with Crippen LogP contribution in [0.2, 0.25) is 0 Å². The molecule has 1 atom stereocenters. The van der Waals surface area contributed by atoms with Crippen LogP contribution in [0.25, 0.3) is 0 Å². The number of amides is 2. The van der Waals surface area contributed by atoms with Crippen LogP contribution in [0, 0.1) is 0 Å². The first-order valence-corrected chi connectivity index (χ1v) is 7.67. The van der Waals surface area contributed by atoms with Gasteiger partial charge in [-0.25, -0.2) is 0 Å². The Kier molecular flexibility index (Phi) is 3.51. The van der Waals surface area contributed by atoms with Crippen LogP contribution in [0.1, 0.15) is 29.1 Å². The van der Waals surface area contributed by atoms with E-state index in [9.17, 15) is 9.59 Å². The third-order valence-electron chi connectivity index (χ3n) is 3.54. The predicted molar refractivity (Wildman–Crippen MR) is 85.0 cm³/mol. The Balaban J connectivity index is 1.88. The number of nitrogens with one attached hydrogen (secondary N) is 1. The number of benzene rings is 1. The van der Waals surface area contributed by atoms with E-state index in [1.54, 1.807) is 12.1 Å². The zero-order chi connectivity index (χ0) is 15.0. The molecule has 1 aliphatic rings. The Morgan fingerprint density at radius 1 is 1.24 bits per heavy atom. The Bertz CT molecular complexity index is 708. The van der Waals surface area contributed by atoms with Crippen molar-refractivity contribution in [1.29, 1.82) is 0 Å². The molecular weight excluding hydrogens is 284 g/mol. The number of rotatable bonds is 2. The van der Waals surface area contributed by atoms with Crippen molar-refractivity contribution in [1.82, 2.24) is 0 Å². The molecule has 0 radical (unpaired) electrons. The number of anilines is 2. The molecule has 2 amide bonds. The fourth-order valence-electron chi connectivity index (χ4n) is 2.69. The van der Waals surface area contributed by atoms with Crippen molar-refractivity contribution in [3.05, 3.63) is 46.8 Å². The minimum Gasteiger partial charge on any atom is -0.318 e. The Labute approximate surface area is 127 Å². The fourth-order valence-corrected chi connectivity index (χ4v) is 3.58. The van der Waals surface area contributed by atoms with Crippen LogP contribution in [0.5, 0.6) is 0 Å². The summed E-state index contributed by atoms with van der Waals surface area (Å²) in [7, 11) is 0. The number of thiophene rings is 1. The van der Waals surface area contributed by atoms with Gasteiger partial charge < -0.3 is 10.2 Å². The van der Waals surface area contributed by atoms with Gasteiger partial charge in [0.25, 0.3) is 5.91 Å². The Hall–Kier alpha value is -2.14. The van der Waals surface area contributed by atoms with E-state index in [-0.39, 0.29) is 17.9 Å². The van der Waals surface area contributed by atoms with E-state index in [2.05, 4.69) is 18.3 Å². The van der Waals surface area contributed by atoms with E-state index in [0.717, 1.165) is 12.1 Å². The largest absolute Gasteiger partial charge is 0.318 e. The van der Waals surface area contributed by atoms with Crippen molar-refractivity contribution in [3.63, 3.8) is 0 Å². The van der Waals surface area contributed by atoms with Gasteiger partial charge in [-0.2, -0.15) is 0 Å². The van der Waals surface area contributed by atoms with Crippen LogP contribution in [-0.2, 0) is 11.2 Å². The van der Waals surface area contributed by atoms with Crippen LogP contribution in [-0.4, -0.2) is 17.9 Å². The highest BCUT2D eigenvalue weighted by Crippen LogP contribution is 2.34. The number of carbonyl (C=O) groups excluding carboxylic acids is 2.